The van der Waals surface area contributed by atoms with Crippen LogP contribution in [0, 0.1) is 10.8 Å². The van der Waals surface area contributed by atoms with Gasteiger partial charge < -0.3 is 42.7 Å². The standard InChI is InChI=1S/C43H54N2O11/c1-8-14-34(46)42(3,4)36-20-13-18-32-33(54-32)23-22-27(50-7)24-39-45-29(26-52-39)41(49)56-37(43(5,6)35(47)15-9-2)19-12-17-31-30(53-31)16-10-11-21-38-44-28(25-51-38)40(48)55-36/h8-18,21-23,25-27,30-37,46-47H,19-20,24H2,1-7H3/b14-8+,15-9+,16-10-,17-12-,18-13-,21-11-,23-22?. The van der Waals surface area contributed by atoms with Gasteiger partial charge in [-0.3, -0.25) is 0 Å². The Morgan fingerprint density at radius 1 is 0.732 bits per heavy atom. The van der Waals surface area contributed by atoms with Gasteiger partial charge in [0.2, 0.25) is 5.89 Å². The molecule has 13 heteroatoms. The van der Waals surface area contributed by atoms with Crippen molar-refractivity contribution in [1.29, 1.82) is 0 Å². The molecule has 0 spiro atoms. The van der Waals surface area contributed by atoms with Crippen molar-refractivity contribution in [3.63, 3.8) is 0 Å². The molecule has 302 valence electrons. The Labute approximate surface area is 328 Å². The van der Waals surface area contributed by atoms with Crippen molar-refractivity contribution in [2.24, 2.45) is 10.8 Å². The average molecular weight is 775 g/mol. The maximum Gasteiger partial charge on any atom is 0.360 e. The van der Waals surface area contributed by atoms with Crippen molar-refractivity contribution < 1.29 is 52.3 Å². The number of aliphatic hydroxyl groups excluding tert-OH is 2. The van der Waals surface area contributed by atoms with Crippen molar-refractivity contribution >= 4 is 18.0 Å². The molecule has 13 nitrogen and oxygen atoms in total. The molecule has 2 N–H and O–H groups in total. The Kier molecular flexibility index (Phi) is 14.4. The third-order valence-corrected chi connectivity index (χ3v) is 10.2. The number of epoxide rings is 2. The summed E-state index contributed by atoms with van der Waals surface area (Å²) in [5.74, 6) is -0.844. The molecule has 2 aromatic rings. The van der Waals surface area contributed by atoms with Crippen LogP contribution < -0.4 is 0 Å². The average Bonchev–Trinajstić information content (AvgIpc) is 3.96. The first kappa shape index (κ1) is 42.5. The molecule has 3 aliphatic rings. The largest absolute Gasteiger partial charge is 0.457 e. The van der Waals surface area contributed by atoms with E-state index < -0.39 is 53.3 Å². The molecule has 2 aromatic heterocycles. The van der Waals surface area contributed by atoms with Gasteiger partial charge in [-0.05, 0) is 13.8 Å². The fourth-order valence-corrected chi connectivity index (χ4v) is 6.10. The minimum atomic E-state index is -0.884. The number of carbonyl (C=O) groups is 2. The van der Waals surface area contributed by atoms with Crippen LogP contribution in [-0.4, -0.2) is 94.2 Å². The van der Waals surface area contributed by atoms with E-state index in [2.05, 4.69) is 9.97 Å². The fourth-order valence-electron chi connectivity index (χ4n) is 6.10. The number of carbonyl (C=O) groups excluding carboxylic acids is 2. The van der Waals surface area contributed by atoms with E-state index in [4.69, 9.17) is 32.5 Å². The number of oxazole rings is 2. The summed E-state index contributed by atoms with van der Waals surface area (Å²) in [6.45, 7) is 11.0. The lowest BCUT2D eigenvalue weighted by molar-refractivity contribution is -0.0461. The minimum Gasteiger partial charge on any atom is -0.457 e. The number of aliphatic hydroxyl groups is 2. The molecular formula is C43H54N2O11. The zero-order valence-electron chi connectivity index (χ0n) is 33.0. The molecule has 3 aliphatic heterocycles. The van der Waals surface area contributed by atoms with Crippen LogP contribution in [-0.2, 0) is 30.1 Å². The van der Waals surface area contributed by atoms with Gasteiger partial charge in [-0.25, -0.2) is 19.6 Å². The van der Waals surface area contributed by atoms with E-state index in [1.807, 2.05) is 84.1 Å². The van der Waals surface area contributed by atoms with Gasteiger partial charge in [0.1, 0.15) is 49.2 Å². The van der Waals surface area contributed by atoms with E-state index in [9.17, 15) is 19.8 Å². The summed E-state index contributed by atoms with van der Waals surface area (Å²) in [6, 6.07) is 0. The van der Waals surface area contributed by atoms with Crippen LogP contribution in [0.25, 0.3) is 6.08 Å². The summed E-state index contributed by atoms with van der Waals surface area (Å²) in [7, 11) is 1.56. The van der Waals surface area contributed by atoms with E-state index in [1.165, 1.54) is 12.5 Å². The molecule has 2 fully saturated rings. The molecule has 9 atom stereocenters. The predicted molar refractivity (Wildman–Crippen MR) is 207 cm³/mol. The van der Waals surface area contributed by atoms with Crippen LogP contribution in [0.3, 0.4) is 0 Å². The van der Waals surface area contributed by atoms with Crippen LogP contribution in [0.5, 0.6) is 0 Å². The molecule has 5 heterocycles. The molecule has 0 amide bonds. The molecule has 56 heavy (non-hydrogen) atoms. The minimum absolute atomic E-state index is 0.00381. The smallest absolute Gasteiger partial charge is 0.360 e. The third kappa shape index (κ3) is 11.2. The molecule has 0 aliphatic carbocycles. The summed E-state index contributed by atoms with van der Waals surface area (Å²) in [5, 5.41) is 21.9. The lowest BCUT2D eigenvalue weighted by atomic mass is 9.79. The van der Waals surface area contributed by atoms with E-state index in [0.29, 0.717) is 12.8 Å². The molecular weight excluding hydrogens is 720 g/mol. The summed E-state index contributed by atoms with van der Waals surface area (Å²) in [5.41, 5.74) is -1.68. The topological polar surface area (TPSA) is 179 Å². The molecule has 9 unspecified atom stereocenters. The van der Waals surface area contributed by atoms with Gasteiger partial charge in [0.05, 0.1) is 24.7 Å². The number of rotatable bonds is 7. The fraction of sp³-hybridized carbons (Fsp3) is 0.488. The second kappa shape index (κ2) is 19.0. The highest BCUT2D eigenvalue weighted by Gasteiger charge is 2.41. The summed E-state index contributed by atoms with van der Waals surface area (Å²) in [4.78, 5) is 35.3. The summed E-state index contributed by atoms with van der Waals surface area (Å²) >= 11 is 0. The van der Waals surface area contributed by atoms with Gasteiger partial charge in [-0.1, -0.05) is 107 Å². The Bertz CT molecular complexity index is 1840. The van der Waals surface area contributed by atoms with Gasteiger partial charge in [-0.15, -0.1) is 0 Å². The van der Waals surface area contributed by atoms with Gasteiger partial charge in [-0.2, -0.15) is 0 Å². The van der Waals surface area contributed by atoms with Crippen molar-refractivity contribution in [3.8, 4) is 0 Å². The molecule has 4 bridgehead atoms. The first-order valence-corrected chi connectivity index (χ1v) is 18.9. The second-order valence-corrected chi connectivity index (χ2v) is 15.1. The molecule has 5 rings (SSSR count). The van der Waals surface area contributed by atoms with E-state index in [1.54, 1.807) is 49.6 Å². The number of hydrogen-bond donors (Lipinski definition) is 2. The van der Waals surface area contributed by atoms with Crippen LogP contribution in [0.4, 0.5) is 0 Å². The van der Waals surface area contributed by atoms with Crippen LogP contribution in [0.1, 0.15) is 87.1 Å². The molecule has 0 saturated carbocycles. The third-order valence-electron chi connectivity index (χ3n) is 10.2. The van der Waals surface area contributed by atoms with Gasteiger partial charge in [0.15, 0.2) is 17.3 Å². The number of nitrogens with zero attached hydrogens (tertiary/aromatic N) is 2. The second-order valence-electron chi connectivity index (χ2n) is 15.1. The number of methoxy groups -OCH3 is 1. The summed E-state index contributed by atoms with van der Waals surface area (Å²) < 4.78 is 40.3. The molecule has 0 aromatic carbocycles. The van der Waals surface area contributed by atoms with Gasteiger partial charge in [0.25, 0.3) is 0 Å². The first-order chi connectivity index (χ1) is 26.8. The highest BCUT2D eigenvalue weighted by molar-refractivity contribution is 5.87. The summed E-state index contributed by atoms with van der Waals surface area (Å²) in [6.07, 6.45) is 24.1. The normalized spacial score (nSPS) is 30.3. The van der Waals surface area contributed by atoms with Crippen molar-refractivity contribution in [2.75, 3.05) is 7.11 Å². The van der Waals surface area contributed by atoms with E-state index in [0.717, 1.165) is 0 Å². The van der Waals surface area contributed by atoms with Crippen molar-refractivity contribution in [3.05, 3.63) is 115 Å². The number of hydrogen-bond acceptors (Lipinski definition) is 13. The maximum atomic E-state index is 13.4. The number of esters is 2. The Balaban J connectivity index is 1.37. The molecule has 0 radical (unpaired) electrons. The monoisotopic (exact) mass is 774 g/mol. The number of aromatic nitrogens is 2. The highest BCUT2D eigenvalue weighted by Crippen LogP contribution is 2.35. The lowest BCUT2D eigenvalue weighted by Gasteiger charge is -2.36. The van der Waals surface area contributed by atoms with Crippen LogP contribution >= 0.6 is 0 Å². The number of fused-ring (bicyclic) bond motifs is 6. The maximum absolute atomic E-state index is 13.4. The lowest BCUT2D eigenvalue weighted by Crippen LogP contribution is -2.42. The molecule has 2 saturated heterocycles. The Hall–Kier alpha value is -4.66. The van der Waals surface area contributed by atoms with Crippen LogP contribution in [0.2, 0.25) is 0 Å². The first-order valence-electron chi connectivity index (χ1n) is 18.9. The van der Waals surface area contributed by atoms with E-state index >= 15 is 0 Å². The van der Waals surface area contributed by atoms with E-state index in [-0.39, 0.29) is 54.0 Å². The van der Waals surface area contributed by atoms with Gasteiger partial charge in [0, 0.05) is 36.9 Å². The highest BCUT2D eigenvalue weighted by atomic mass is 16.6. The van der Waals surface area contributed by atoms with Crippen molar-refractivity contribution in [1.82, 2.24) is 9.97 Å². The van der Waals surface area contributed by atoms with Crippen molar-refractivity contribution in [2.45, 2.75) is 116 Å². The van der Waals surface area contributed by atoms with Gasteiger partial charge >= 0.3 is 11.9 Å². The number of allylic oxidation sites excluding steroid dienone is 4. The quantitative estimate of drug-likeness (QED) is 0.178. The van der Waals surface area contributed by atoms with Crippen LogP contribution in [0.15, 0.2) is 100 Å². The SMILES string of the molecule is C/C=C/C(O)C(C)(C)C1C/C=C\C2OC2C=CC(OC)Cc2nc(co2)C(=O)OC(C(C)(C)C(O)/C=C/C)C/C=C\C2OC2/C=C\C=C/c2nc(co2)C(=O)O1. The Morgan fingerprint density at radius 3 is 1.80 bits per heavy atom. The zero-order valence-corrected chi connectivity index (χ0v) is 33.0. The number of cyclic esters (lactones) is 2. The zero-order chi connectivity index (χ0) is 40.5. The Morgan fingerprint density at radius 2 is 1.25 bits per heavy atom. The predicted octanol–water partition coefficient (Wildman–Crippen LogP) is 6.46. The number of ether oxygens (including phenoxy) is 5.